The second kappa shape index (κ2) is 9.83. The van der Waals surface area contributed by atoms with Crippen LogP contribution in [-0.4, -0.2) is 41.8 Å². The number of nitrogens with one attached hydrogen (secondary N) is 1. The van der Waals surface area contributed by atoms with Gasteiger partial charge in [-0.3, -0.25) is 4.98 Å². The van der Waals surface area contributed by atoms with Gasteiger partial charge in [-0.1, -0.05) is 18.2 Å². The van der Waals surface area contributed by atoms with Crippen molar-refractivity contribution < 1.29 is 9.53 Å². The fraction of sp³-hybridized carbons (Fsp3) is 0.179. The maximum atomic E-state index is 12.6. The molecule has 0 radical (unpaired) electrons. The van der Waals surface area contributed by atoms with Gasteiger partial charge in [0.05, 0.1) is 30.1 Å². The number of nitrogens with zero attached hydrogens (tertiary/aromatic N) is 4. The molecule has 1 aliphatic rings. The molecule has 0 aliphatic carbocycles. The number of hydrogen-bond acceptors (Lipinski definition) is 5. The van der Waals surface area contributed by atoms with Crippen molar-refractivity contribution in [2.75, 3.05) is 31.0 Å². The molecule has 4 aromatic rings. The van der Waals surface area contributed by atoms with Gasteiger partial charge in [-0.05, 0) is 72.9 Å². The van der Waals surface area contributed by atoms with Crippen LogP contribution in [0.5, 0.6) is 0 Å². The predicted molar refractivity (Wildman–Crippen MR) is 146 cm³/mol. The largest absolute Gasteiger partial charge is 0.465 e. The maximum absolute atomic E-state index is 12.6. The van der Waals surface area contributed by atoms with E-state index in [9.17, 15) is 4.79 Å². The second-order valence-electron chi connectivity index (χ2n) is 8.72. The van der Waals surface area contributed by atoms with Crippen molar-refractivity contribution in [3.8, 4) is 5.69 Å². The number of benzene rings is 2. The quantitative estimate of drug-likeness (QED) is 0.300. The Bertz CT molecular complexity index is 1380. The molecule has 2 aromatic heterocycles. The lowest BCUT2D eigenvalue weighted by Gasteiger charge is -2.29. The molecule has 0 amide bonds. The van der Waals surface area contributed by atoms with Crippen LogP contribution in [0.2, 0.25) is 0 Å². The maximum Gasteiger partial charge on any atom is 0.339 e. The molecule has 1 fully saturated rings. The van der Waals surface area contributed by atoms with Gasteiger partial charge in [0.25, 0.3) is 0 Å². The number of methoxy groups -OCH3 is 1. The Labute approximate surface area is 215 Å². The number of carbonyl (C=O) groups is 1. The molecule has 8 heteroatoms. The number of anilines is 2. The first-order valence-corrected chi connectivity index (χ1v) is 12.0. The highest BCUT2D eigenvalue weighted by Gasteiger charge is 2.42. The number of hydrogen-bond donors (Lipinski definition) is 1. The highest BCUT2D eigenvalue weighted by molar-refractivity contribution is 7.80. The highest BCUT2D eigenvalue weighted by atomic mass is 32.1. The van der Waals surface area contributed by atoms with Crippen molar-refractivity contribution in [1.29, 1.82) is 0 Å². The molecular formula is C28H27N5O2S. The number of pyridine rings is 1. The Morgan fingerprint density at radius 3 is 2.44 bits per heavy atom. The number of carbonyl (C=O) groups excluding carboxylic acids is 1. The van der Waals surface area contributed by atoms with E-state index >= 15 is 0 Å². The average Bonchev–Trinajstić information content (AvgIpc) is 3.53. The van der Waals surface area contributed by atoms with Crippen LogP contribution < -0.4 is 15.1 Å². The first kappa shape index (κ1) is 23.6. The molecule has 2 atom stereocenters. The molecule has 0 saturated carbocycles. The van der Waals surface area contributed by atoms with Crippen LogP contribution in [0.3, 0.4) is 0 Å². The normalized spacial score (nSPS) is 17.1. The van der Waals surface area contributed by atoms with Gasteiger partial charge in [-0.15, -0.1) is 0 Å². The van der Waals surface area contributed by atoms with E-state index in [0.29, 0.717) is 10.7 Å². The van der Waals surface area contributed by atoms with Gasteiger partial charge in [0.1, 0.15) is 6.04 Å². The van der Waals surface area contributed by atoms with Gasteiger partial charge in [-0.25, -0.2) is 4.79 Å². The minimum atomic E-state index is -0.386. The van der Waals surface area contributed by atoms with Gasteiger partial charge >= 0.3 is 5.97 Å². The number of para-hydroxylation sites is 1. The van der Waals surface area contributed by atoms with E-state index in [1.165, 1.54) is 7.11 Å². The topological polar surface area (TPSA) is 62.6 Å². The van der Waals surface area contributed by atoms with Crippen molar-refractivity contribution >= 4 is 34.7 Å². The number of thiocarbonyl (C=S) groups is 1. The Morgan fingerprint density at radius 1 is 1.00 bits per heavy atom. The SMILES string of the molecule is COC(=O)c1ccccc1-n1cccc1[C@@H]1[C@@H](c2ccccn2)NC(=S)N1c1ccc(N(C)C)cc1. The van der Waals surface area contributed by atoms with Crippen LogP contribution >= 0.6 is 12.2 Å². The van der Waals surface area contributed by atoms with E-state index in [2.05, 4.69) is 50.4 Å². The molecule has 3 heterocycles. The Hall–Kier alpha value is -4.17. The first-order valence-electron chi connectivity index (χ1n) is 11.6. The van der Waals surface area contributed by atoms with Gasteiger partial charge < -0.3 is 24.4 Å². The van der Waals surface area contributed by atoms with Gasteiger partial charge in [0, 0.05) is 43.6 Å². The van der Waals surface area contributed by atoms with Crippen molar-refractivity contribution in [2.45, 2.75) is 12.1 Å². The lowest BCUT2D eigenvalue weighted by atomic mass is 10.0. The molecule has 0 spiro atoms. The van der Waals surface area contributed by atoms with Crippen LogP contribution in [0.4, 0.5) is 11.4 Å². The average molecular weight is 498 g/mol. The highest BCUT2D eigenvalue weighted by Crippen LogP contribution is 2.42. The Kier molecular flexibility index (Phi) is 6.43. The molecule has 0 unspecified atom stereocenters. The zero-order valence-corrected chi connectivity index (χ0v) is 21.1. The molecular weight excluding hydrogens is 470 g/mol. The van der Waals surface area contributed by atoms with E-state index in [4.69, 9.17) is 17.0 Å². The third-order valence-corrected chi connectivity index (χ3v) is 6.71. The summed E-state index contributed by atoms with van der Waals surface area (Å²) in [5.74, 6) is -0.386. The van der Waals surface area contributed by atoms with Gasteiger partial charge in [-0.2, -0.15) is 0 Å². The zero-order chi connectivity index (χ0) is 25.2. The minimum Gasteiger partial charge on any atom is -0.465 e. The number of ether oxygens (including phenoxy) is 1. The monoisotopic (exact) mass is 497 g/mol. The zero-order valence-electron chi connectivity index (χ0n) is 20.3. The molecule has 1 aliphatic heterocycles. The molecule has 0 bridgehead atoms. The summed E-state index contributed by atoms with van der Waals surface area (Å²) in [6.45, 7) is 0. The third-order valence-electron chi connectivity index (χ3n) is 6.39. The summed E-state index contributed by atoms with van der Waals surface area (Å²) < 4.78 is 7.09. The van der Waals surface area contributed by atoms with E-state index in [0.717, 1.165) is 28.5 Å². The summed E-state index contributed by atoms with van der Waals surface area (Å²) in [5.41, 5.74) is 5.14. The van der Waals surface area contributed by atoms with Crippen LogP contribution in [0.25, 0.3) is 5.69 Å². The van der Waals surface area contributed by atoms with Crippen molar-refractivity contribution in [1.82, 2.24) is 14.9 Å². The lowest BCUT2D eigenvalue weighted by molar-refractivity contribution is 0.0600. The van der Waals surface area contributed by atoms with E-state index < -0.39 is 0 Å². The standard InChI is InChI=1S/C28H27N5O2S/c1-31(2)19-13-15-20(16-14-19)33-26(25(30-28(33)36)22-10-6-7-17-29-22)24-12-8-18-32(24)23-11-5-4-9-21(23)27(34)35-3/h4-18,25-26H,1-3H3,(H,30,36)/t25-,26-/m1/s1. The van der Waals surface area contributed by atoms with E-state index in [1.54, 1.807) is 12.3 Å². The van der Waals surface area contributed by atoms with Crippen molar-refractivity contribution in [3.05, 3.63) is 108 Å². The number of aromatic nitrogens is 2. The Morgan fingerprint density at radius 2 is 1.75 bits per heavy atom. The molecule has 36 heavy (non-hydrogen) atoms. The second-order valence-corrected chi connectivity index (χ2v) is 9.11. The van der Waals surface area contributed by atoms with Gasteiger partial charge in [0.15, 0.2) is 5.11 Å². The first-order chi connectivity index (χ1) is 17.5. The van der Waals surface area contributed by atoms with E-state index in [-0.39, 0.29) is 18.1 Å². The number of rotatable bonds is 6. The minimum absolute atomic E-state index is 0.203. The molecule has 5 rings (SSSR count). The fourth-order valence-electron chi connectivity index (χ4n) is 4.67. The smallest absolute Gasteiger partial charge is 0.339 e. The molecule has 2 aromatic carbocycles. The van der Waals surface area contributed by atoms with Crippen LogP contribution in [0.15, 0.2) is 91.3 Å². The molecule has 182 valence electrons. The lowest BCUT2D eigenvalue weighted by Crippen LogP contribution is -2.30. The summed E-state index contributed by atoms with van der Waals surface area (Å²) in [6.07, 6.45) is 3.75. The summed E-state index contributed by atoms with van der Waals surface area (Å²) in [5, 5.41) is 4.11. The third kappa shape index (κ3) is 4.20. The summed E-state index contributed by atoms with van der Waals surface area (Å²) in [6, 6.07) is 25.2. The Balaban J connectivity index is 1.66. The van der Waals surface area contributed by atoms with Gasteiger partial charge in [0.2, 0.25) is 0 Å². The van der Waals surface area contributed by atoms with Crippen molar-refractivity contribution in [2.24, 2.45) is 0 Å². The van der Waals surface area contributed by atoms with Crippen LogP contribution in [0, 0.1) is 0 Å². The predicted octanol–water partition coefficient (Wildman–Crippen LogP) is 4.90. The summed E-state index contributed by atoms with van der Waals surface area (Å²) in [4.78, 5) is 21.4. The number of esters is 1. The summed E-state index contributed by atoms with van der Waals surface area (Å²) in [7, 11) is 5.43. The van der Waals surface area contributed by atoms with Crippen molar-refractivity contribution in [3.63, 3.8) is 0 Å². The fourth-order valence-corrected chi connectivity index (χ4v) is 5.01. The van der Waals surface area contributed by atoms with E-state index in [1.807, 2.05) is 67.3 Å². The van der Waals surface area contributed by atoms with Crippen LogP contribution in [-0.2, 0) is 4.74 Å². The molecule has 7 nitrogen and oxygen atoms in total. The molecule has 1 N–H and O–H groups in total. The summed E-state index contributed by atoms with van der Waals surface area (Å²) >= 11 is 5.87. The molecule has 1 saturated heterocycles. The van der Waals surface area contributed by atoms with Crippen LogP contribution in [0.1, 0.15) is 33.8 Å².